The molecular weight excluding hydrogens is 362 g/mol. The second kappa shape index (κ2) is 6.70. The highest BCUT2D eigenvalue weighted by molar-refractivity contribution is 7.85. The molecule has 1 aromatic heterocycles. The lowest BCUT2D eigenvalue weighted by Crippen LogP contribution is -2.70. The summed E-state index contributed by atoms with van der Waals surface area (Å²) < 4.78 is 30.5. The molecule has 2 atom stereocenters. The van der Waals surface area contributed by atoms with Gasteiger partial charge in [-0.3, -0.25) is 14.1 Å². The van der Waals surface area contributed by atoms with Gasteiger partial charge in [0, 0.05) is 5.38 Å². The van der Waals surface area contributed by atoms with E-state index in [0.717, 1.165) is 16.2 Å². The van der Waals surface area contributed by atoms with E-state index in [9.17, 15) is 18.0 Å². The number of likely N-dealkylation sites (tertiary alicyclic amines) is 1. The number of oxime groups is 1. The normalized spacial score (nSPS) is 21.4. The zero-order chi connectivity index (χ0) is 18.1. The summed E-state index contributed by atoms with van der Waals surface area (Å²) in [6.07, 6.45) is 0. The number of aromatic nitrogens is 1. The zero-order valence-electron chi connectivity index (χ0n) is 12.7. The topological polar surface area (TPSA) is 164 Å². The van der Waals surface area contributed by atoms with Crippen molar-refractivity contribution >= 4 is 44.1 Å². The Bertz CT molecular complexity index is 789. The lowest BCUT2D eigenvalue weighted by Gasteiger charge is -2.44. The Morgan fingerprint density at radius 1 is 1.62 bits per heavy atom. The van der Waals surface area contributed by atoms with E-state index < -0.39 is 39.9 Å². The second-order valence-corrected chi connectivity index (χ2v) is 7.22. The van der Waals surface area contributed by atoms with Crippen LogP contribution < -0.4 is 11.1 Å². The fourth-order valence-corrected chi connectivity index (χ4v) is 3.39. The molecule has 2 rings (SSSR count). The molecule has 0 bridgehead atoms. The first-order chi connectivity index (χ1) is 11.1. The van der Waals surface area contributed by atoms with E-state index in [4.69, 9.17) is 10.3 Å². The van der Waals surface area contributed by atoms with E-state index in [1.54, 1.807) is 0 Å². The van der Waals surface area contributed by atoms with Crippen LogP contribution in [-0.2, 0) is 24.5 Å². The Balaban J connectivity index is 2.09. The molecule has 0 aliphatic carbocycles. The molecule has 1 aromatic rings. The third-order valence-electron chi connectivity index (χ3n) is 3.27. The Hall–Kier alpha value is -2.25. The molecule has 13 heteroatoms. The van der Waals surface area contributed by atoms with E-state index in [0.29, 0.717) is 0 Å². The van der Waals surface area contributed by atoms with Gasteiger partial charge in [0.15, 0.2) is 10.8 Å². The number of carbonyl (C=O) groups excluding carboxylic acids is 2. The van der Waals surface area contributed by atoms with Gasteiger partial charge in [0.25, 0.3) is 16.0 Å². The van der Waals surface area contributed by atoms with E-state index in [-0.39, 0.29) is 16.5 Å². The number of hydrogen-bond donors (Lipinski definition) is 3. The first kappa shape index (κ1) is 18.1. The number of thiazole rings is 1. The minimum absolute atomic E-state index is 0.168. The third kappa shape index (κ3) is 3.80. The Labute approximate surface area is 141 Å². The van der Waals surface area contributed by atoms with Crippen LogP contribution in [0.2, 0.25) is 0 Å². The van der Waals surface area contributed by atoms with Gasteiger partial charge in [-0.15, -0.1) is 11.3 Å². The van der Waals surface area contributed by atoms with Gasteiger partial charge in [-0.2, -0.15) is 8.42 Å². The molecule has 24 heavy (non-hydrogen) atoms. The highest BCUT2D eigenvalue weighted by Gasteiger charge is 2.47. The quantitative estimate of drug-likeness (QED) is 0.237. The third-order valence-corrected chi connectivity index (χ3v) is 4.55. The van der Waals surface area contributed by atoms with Crippen LogP contribution in [0.5, 0.6) is 0 Å². The summed E-state index contributed by atoms with van der Waals surface area (Å²) in [4.78, 5) is 33.7. The monoisotopic (exact) mass is 377 g/mol. The molecule has 132 valence electrons. The predicted molar refractivity (Wildman–Crippen MR) is 84.7 cm³/mol. The number of nitrogens with zero attached hydrogens (tertiary/aromatic N) is 3. The summed E-state index contributed by atoms with van der Waals surface area (Å²) in [6, 6.07) is -1.56. The predicted octanol–water partition coefficient (Wildman–Crippen LogP) is -1.36. The summed E-state index contributed by atoms with van der Waals surface area (Å²) >= 11 is 1.10. The Kier molecular flexibility index (Phi) is 5.05. The van der Waals surface area contributed by atoms with Crippen molar-refractivity contribution in [2.75, 3.05) is 18.7 Å². The van der Waals surface area contributed by atoms with Crippen LogP contribution in [0.15, 0.2) is 10.5 Å². The minimum Gasteiger partial charge on any atom is -0.398 e. The number of hydrogen-bond acceptors (Lipinski definition) is 9. The van der Waals surface area contributed by atoms with Gasteiger partial charge in [0.2, 0.25) is 5.91 Å². The number of nitrogens with two attached hydrogens (primary N) is 1. The van der Waals surface area contributed by atoms with Gasteiger partial charge in [-0.1, -0.05) is 5.16 Å². The lowest BCUT2D eigenvalue weighted by atomic mass is 9.97. The van der Waals surface area contributed by atoms with Crippen LogP contribution in [0.25, 0.3) is 0 Å². The van der Waals surface area contributed by atoms with E-state index in [1.165, 1.54) is 19.4 Å². The molecule has 4 N–H and O–H groups in total. The molecule has 1 saturated heterocycles. The fraction of sp³-hybridized carbons (Fsp3) is 0.455. The summed E-state index contributed by atoms with van der Waals surface area (Å²) in [5.74, 6) is -2.19. The fourth-order valence-electron chi connectivity index (χ4n) is 2.12. The smallest absolute Gasteiger partial charge is 0.283 e. The van der Waals surface area contributed by atoms with Crippen LogP contribution in [0.1, 0.15) is 12.6 Å². The van der Waals surface area contributed by atoms with Crippen molar-refractivity contribution in [3.8, 4) is 0 Å². The SMILES string of the molecule is CON=C(C(=O)NC1C(=O)N(CS(=O)(=O)O)C1C)c1csc(N)n1. The number of rotatable bonds is 6. The molecule has 2 unspecified atom stereocenters. The van der Waals surface area contributed by atoms with Crippen molar-refractivity contribution in [2.24, 2.45) is 5.16 Å². The molecular formula is C11H15N5O6S2. The standard InChI is InChI=1S/C11H15N5O6S2/c1-5-7(10(18)16(5)4-24(19,20)21)14-9(17)8(15-22-2)6-3-23-11(12)13-6/h3,5,7H,4H2,1-2H3,(H2,12,13)(H,14,17)(H,19,20,21). The van der Waals surface area contributed by atoms with Crippen molar-refractivity contribution < 1.29 is 27.4 Å². The first-order valence-electron chi connectivity index (χ1n) is 6.53. The largest absolute Gasteiger partial charge is 0.398 e. The molecule has 0 saturated carbocycles. The zero-order valence-corrected chi connectivity index (χ0v) is 14.3. The van der Waals surface area contributed by atoms with Crippen molar-refractivity contribution in [2.45, 2.75) is 19.0 Å². The maximum absolute atomic E-state index is 12.3. The first-order valence-corrected chi connectivity index (χ1v) is 9.02. The molecule has 11 nitrogen and oxygen atoms in total. The van der Waals surface area contributed by atoms with Gasteiger partial charge < -0.3 is 20.8 Å². The number of nitrogens with one attached hydrogen (secondary N) is 1. The van der Waals surface area contributed by atoms with Crippen LogP contribution >= 0.6 is 11.3 Å². The summed E-state index contributed by atoms with van der Waals surface area (Å²) in [6.45, 7) is 1.53. The van der Waals surface area contributed by atoms with Crippen molar-refractivity contribution in [1.82, 2.24) is 15.2 Å². The van der Waals surface area contributed by atoms with Gasteiger partial charge in [0.1, 0.15) is 24.7 Å². The van der Waals surface area contributed by atoms with E-state index >= 15 is 0 Å². The summed E-state index contributed by atoms with van der Waals surface area (Å²) in [7, 11) is -3.10. The highest BCUT2D eigenvalue weighted by atomic mass is 32.2. The van der Waals surface area contributed by atoms with Gasteiger partial charge >= 0.3 is 0 Å². The van der Waals surface area contributed by atoms with Crippen molar-refractivity contribution in [3.63, 3.8) is 0 Å². The molecule has 2 heterocycles. The maximum Gasteiger partial charge on any atom is 0.283 e. The lowest BCUT2D eigenvalue weighted by molar-refractivity contribution is -0.150. The molecule has 1 aliphatic heterocycles. The average Bonchev–Trinajstić information content (AvgIpc) is 2.92. The van der Waals surface area contributed by atoms with Gasteiger partial charge in [-0.25, -0.2) is 4.98 Å². The molecule has 2 amide bonds. The van der Waals surface area contributed by atoms with Crippen LogP contribution in [0.3, 0.4) is 0 Å². The number of anilines is 1. The Morgan fingerprint density at radius 2 is 2.29 bits per heavy atom. The number of amides is 2. The summed E-state index contributed by atoms with van der Waals surface area (Å²) in [5, 5.41) is 7.74. The average molecular weight is 377 g/mol. The van der Waals surface area contributed by atoms with Crippen molar-refractivity contribution in [3.05, 3.63) is 11.1 Å². The Morgan fingerprint density at radius 3 is 2.75 bits per heavy atom. The maximum atomic E-state index is 12.3. The molecule has 1 fully saturated rings. The number of carbonyl (C=O) groups is 2. The van der Waals surface area contributed by atoms with Gasteiger partial charge in [0.05, 0.1) is 6.04 Å². The van der Waals surface area contributed by atoms with Crippen LogP contribution in [0.4, 0.5) is 5.13 Å². The van der Waals surface area contributed by atoms with E-state index in [1.807, 2.05) is 0 Å². The molecule has 0 radical (unpaired) electrons. The van der Waals surface area contributed by atoms with Crippen molar-refractivity contribution in [1.29, 1.82) is 0 Å². The van der Waals surface area contributed by atoms with Crippen LogP contribution in [-0.4, -0.2) is 65.5 Å². The molecule has 0 spiro atoms. The van der Waals surface area contributed by atoms with Gasteiger partial charge in [-0.05, 0) is 6.92 Å². The molecule has 1 aliphatic rings. The number of nitrogen functional groups attached to an aromatic ring is 1. The summed E-state index contributed by atoms with van der Waals surface area (Å²) in [5.41, 5.74) is 5.53. The molecule has 0 aromatic carbocycles. The number of β-lactam (4-membered cyclic amide) rings is 1. The highest BCUT2D eigenvalue weighted by Crippen LogP contribution is 2.21. The van der Waals surface area contributed by atoms with Crippen LogP contribution in [0, 0.1) is 0 Å². The minimum atomic E-state index is -4.34. The second-order valence-electron chi connectivity index (χ2n) is 4.90. The van der Waals surface area contributed by atoms with E-state index in [2.05, 4.69) is 20.3 Å².